The summed E-state index contributed by atoms with van der Waals surface area (Å²) in [5.74, 6) is 0.419. The number of hydrogen-bond donors (Lipinski definition) is 2. The minimum atomic E-state index is -0.327. The van der Waals surface area contributed by atoms with Crippen LogP contribution >= 0.6 is 0 Å². The lowest BCUT2D eigenvalue weighted by Gasteiger charge is -2.22. The Labute approximate surface area is 95.2 Å². The van der Waals surface area contributed by atoms with Crippen LogP contribution in [0.15, 0.2) is 6.20 Å². The number of aromatic nitrogens is 2. The number of aliphatic hydroxyl groups is 1. The second kappa shape index (κ2) is 4.95. The third-order valence-electron chi connectivity index (χ3n) is 3.09. The van der Waals surface area contributed by atoms with E-state index in [1.807, 2.05) is 13.2 Å². The summed E-state index contributed by atoms with van der Waals surface area (Å²) in [6.45, 7) is 1.53. The highest BCUT2D eigenvalue weighted by Crippen LogP contribution is 2.30. The molecule has 3 N–H and O–H groups in total. The molecule has 0 aromatic carbocycles. The fourth-order valence-electron chi connectivity index (χ4n) is 2.20. The van der Waals surface area contributed by atoms with E-state index in [4.69, 9.17) is 15.6 Å². The molecule has 16 heavy (non-hydrogen) atoms. The summed E-state index contributed by atoms with van der Waals surface area (Å²) >= 11 is 0. The zero-order chi connectivity index (χ0) is 11.5. The molecule has 0 spiro atoms. The number of ether oxygens (including phenoxy) is 1. The lowest BCUT2D eigenvalue weighted by atomic mass is 9.92. The topological polar surface area (TPSA) is 73.3 Å². The van der Waals surface area contributed by atoms with Crippen LogP contribution < -0.4 is 5.73 Å². The molecule has 1 aromatic heterocycles. The fourth-order valence-corrected chi connectivity index (χ4v) is 2.20. The summed E-state index contributed by atoms with van der Waals surface area (Å²) in [6, 6.07) is -0.327. The summed E-state index contributed by atoms with van der Waals surface area (Å²) in [5, 5.41) is 13.6. The lowest BCUT2D eigenvalue weighted by molar-refractivity contribution is 0.0840. The van der Waals surface area contributed by atoms with Crippen molar-refractivity contribution < 1.29 is 9.84 Å². The van der Waals surface area contributed by atoms with Gasteiger partial charge in [0, 0.05) is 37.9 Å². The summed E-state index contributed by atoms with van der Waals surface area (Å²) in [7, 11) is 1.89. The minimum Gasteiger partial charge on any atom is -0.394 e. The molecule has 5 nitrogen and oxygen atoms in total. The Kier molecular flexibility index (Phi) is 3.58. The average molecular weight is 225 g/mol. The molecular weight excluding hydrogens is 206 g/mol. The molecule has 1 fully saturated rings. The molecule has 1 atom stereocenters. The van der Waals surface area contributed by atoms with Gasteiger partial charge in [-0.15, -0.1) is 0 Å². The Morgan fingerprint density at radius 3 is 2.94 bits per heavy atom. The fraction of sp³-hybridized carbons (Fsp3) is 0.727. The quantitative estimate of drug-likeness (QED) is 0.776. The molecule has 5 heteroatoms. The maximum absolute atomic E-state index is 9.13. The minimum absolute atomic E-state index is 0.0398. The molecule has 0 bridgehead atoms. The van der Waals surface area contributed by atoms with Crippen molar-refractivity contribution in [3.63, 3.8) is 0 Å². The predicted octanol–water partition coefficient (Wildman–Crippen LogP) is 0.306. The Balaban J connectivity index is 2.24. The molecule has 1 saturated heterocycles. The highest BCUT2D eigenvalue weighted by atomic mass is 16.5. The zero-order valence-corrected chi connectivity index (χ0v) is 9.59. The van der Waals surface area contributed by atoms with E-state index in [1.54, 1.807) is 4.68 Å². The van der Waals surface area contributed by atoms with Crippen molar-refractivity contribution in [1.82, 2.24) is 9.78 Å². The summed E-state index contributed by atoms with van der Waals surface area (Å²) in [6.07, 6.45) is 3.88. The van der Waals surface area contributed by atoms with Crippen molar-refractivity contribution in [2.24, 2.45) is 12.8 Å². The molecule has 1 aliphatic rings. The van der Waals surface area contributed by atoms with E-state index in [-0.39, 0.29) is 12.6 Å². The van der Waals surface area contributed by atoms with Crippen molar-refractivity contribution in [1.29, 1.82) is 0 Å². The summed E-state index contributed by atoms with van der Waals surface area (Å²) < 4.78 is 7.11. The van der Waals surface area contributed by atoms with Crippen molar-refractivity contribution in [3.05, 3.63) is 17.5 Å². The van der Waals surface area contributed by atoms with Crippen LogP contribution in [0.1, 0.15) is 36.1 Å². The largest absolute Gasteiger partial charge is 0.394 e. The van der Waals surface area contributed by atoms with Gasteiger partial charge in [-0.2, -0.15) is 5.10 Å². The summed E-state index contributed by atoms with van der Waals surface area (Å²) in [4.78, 5) is 0. The monoisotopic (exact) mass is 225 g/mol. The van der Waals surface area contributed by atoms with Gasteiger partial charge in [0.15, 0.2) is 0 Å². The smallest absolute Gasteiger partial charge is 0.0705 e. The molecular formula is C11H19N3O2. The standard InChI is InChI=1S/C11H19N3O2/c1-14-6-9(10(12)7-15)11(13-14)8-2-4-16-5-3-8/h6,8,10,15H,2-5,7,12H2,1H3/t10-/m1/s1. The van der Waals surface area contributed by atoms with Gasteiger partial charge < -0.3 is 15.6 Å². The van der Waals surface area contributed by atoms with Gasteiger partial charge in [0.2, 0.25) is 0 Å². The van der Waals surface area contributed by atoms with E-state index >= 15 is 0 Å². The van der Waals surface area contributed by atoms with Gasteiger partial charge in [-0.1, -0.05) is 0 Å². The van der Waals surface area contributed by atoms with Gasteiger partial charge in [0.1, 0.15) is 0 Å². The van der Waals surface area contributed by atoms with Gasteiger partial charge in [0.25, 0.3) is 0 Å². The van der Waals surface area contributed by atoms with E-state index in [2.05, 4.69) is 5.10 Å². The molecule has 1 aromatic rings. The predicted molar refractivity (Wildman–Crippen MR) is 60.0 cm³/mol. The molecule has 0 aliphatic carbocycles. The van der Waals surface area contributed by atoms with Gasteiger partial charge in [0.05, 0.1) is 18.3 Å². The third-order valence-corrected chi connectivity index (χ3v) is 3.09. The van der Waals surface area contributed by atoms with E-state index in [0.29, 0.717) is 5.92 Å². The number of hydrogen-bond acceptors (Lipinski definition) is 4. The SMILES string of the molecule is Cn1cc([C@H](N)CO)c(C2CCOCC2)n1. The van der Waals surface area contributed by atoms with Crippen LogP contribution in [0.5, 0.6) is 0 Å². The molecule has 90 valence electrons. The second-order valence-electron chi connectivity index (χ2n) is 4.32. The van der Waals surface area contributed by atoms with Gasteiger partial charge in [-0.05, 0) is 12.8 Å². The first kappa shape index (κ1) is 11.6. The molecule has 1 aliphatic heterocycles. The second-order valence-corrected chi connectivity index (χ2v) is 4.32. The van der Waals surface area contributed by atoms with E-state index in [0.717, 1.165) is 37.3 Å². The van der Waals surface area contributed by atoms with E-state index in [1.165, 1.54) is 0 Å². The maximum Gasteiger partial charge on any atom is 0.0705 e. The van der Waals surface area contributed by atoms with Crippen LogP contribution in [0, 0.1) is 0 Å². The first-order chi connectivity index (χ1) is 7.72. The van der Waals surface area contributed by atoms with Crippen LogP contribution in [-0.4, -0.2) is 34.7 Å². The van der Waals surface area contributed by atoms with Crippen molar-refractivity contribution in [3.8, 4) is 0 Å². The Morgan fingerprint density at radius 2 is 2.31 bits per heavy atom. The Morgan fingerprint density at radius 1 is 1.62 bits per heavy atom. The highest BCUT2D eigenvalue weighted by molar-refractivity contribution is 5.25. The first-order valence-corrected chi connectivity index (χ1v) is 5.70. The summed E-state index contributed by atoms with van der Waals surface area (Å²) in [5.41, 5.74) is 7.88. The maximum atomic E-state index is 9.13. The van der Waals surface area contributed by atoms with E-state index in [9.17, 15) is 0 Å². The molecule has 0 saturated carbocycles. The molecule has 0 radical (unpaired) electrons. The number of nitrogens with two attached hydrogens (primary N) is 1. The molecule has 0 unspecified atom stereocenters. The molecule has 0 amide bonds. The molecule has 2 heterocycles. The van der Waals surface area contributed by atoms with Crippen LogP contribution in [0.25, 0.3) is 0 Å². The van der Waals surface area contributed by atoms with Crippen LogP contribution in [-0.2, 0) is 11.8 Å². The number of rotatable bonds is 3. The first-order valence-electron chi connectivity index (χ1n) is 5.70. The Hall–Kier alpha value is -0.910. The van der Waals surface area contributed by atoms with Crippen LogP contribution in [0.2, 0.25) is 0 Å². The van der Waals surface area contributed by atoms with Gasteiger partial charge in [-0.25, -0.2) is 0 Å². The van der Waals surface area contributed by atoms with Crippen LogP contribution in [0.4, 0.5) is 0 Å². The normalized spacial score (nSPS) is 19.9. The van der Waals surface area contributed by atoms with Crippen molar-refractivity contribution >= 4 is 0 Å². The lowest BCUT2D eigenvalue weighted by Crippen LogP contribution is -2.20. The van der Waals surface area contributed by atoms with Crippen molar-refractivity contribution in [2.75, 3.05) is 19.8 Å². The van der Waals surface area contributed by atoms with Gasteiger partial charge >= 0.3 is 0 Å². The highest BCUT2D eigenvalue weighted by Gasteiger charge is 2.24. The van der Waals surface area contributed by atoms with Crippen LogP contribution in [0.3, 0.4) is 0 Å². The Bertz CT molecular complexity index is 345. The average Bonchev–Trinajstić information content (AvgIpc) is 2.71. The van der Waals surface area contributed by atoms with E-state index < -0.39 is 0 Å². The van der Waals surface area contributed by atoms with Gasteiger partial charge in [-0.3, -0.25) is 4.68 Å². The zero-order valence-electron chi connectivity index (χ0n) is 9.59. The number of nitrogens with zero attached hydrogens (tertiary/aromatic N) is 2. The number of aryl methyl sites for hydroxylation is 1. The number of aliphatic hydroxyl groups excluding tert-OH is 1. The molecule has 2 rings (SSSR count). The van der Waals surface area contributed by atoms with Crippen molar-refractivity contribution in [2.45, 2.75) is 24.8 Å². The third kappa shape index (κ3) is 2.26.